The molecule has 0 bridgehead atoms. The Labute approximate surface area is 195 Å². The van der Waals surface area contributed by atoms with Crippen LogP contribution >= 0.6 is 0 Å². The number of non-ortho nitro benzene ring substituents is 1. The molecule has 34 heavy (non-hydrogen) atoms. The number of carbonyl (C=O) groups is 2. The van der Waals surface area contributed by atoms with Gasteiger partial charge >= 0.3 is 0 Å². The van der Waals surface area contributed by atoms with E-state index in [1.54, 1.807) is 62.8 Å². The topological polar surface area (TPSA) is 115 Å². The number of aromatic nitrogens is 1. The minimum absolute atomic E-state index is 0.0633. The number of fused-ring (bicyclic) bond motifs is 2. The van der Waals surface area contributed by atoms with Crippen LogP contribution in [0.15, 0.2) is 67.0 Å². The van der Waals surface area contributed by atoms with E-state index in [9.17, 15) is 19.7 Å². The first-order chi connectivity index (χ1) is 16.4. The number of hydrogen-bond donors (Lipinski definition) is 1. The van der Waals surface area contributed by atoms with E-state index in [-0.39, 0.29) is 17.4 Å². The Morgan fingerprint density at radius 2 is 2.06 bits per heavy atom. The van der Waals surface area contributed by atoms with Gasteiger partial charge in [-0.3, -0.25) is 29.6 Å². The van der Waals surface area contributed by atoms with Crippen LogP contribution in [0.2, 0.25) is 0 Å². The number of likely N-dealkylation sites (N-methyl/N-ethyl adjacent to an activating group) is 1. The average Bonchev–Trinajstić information content (AvgIpc) is 3.33. The lowest BCUT2D eigenvalue weighted by atomic mass is 9.70. The molecule has 9 nitrogen and oxygen atoms in total. The van der Waals surface area contributed by atoms with Gasteiger partial charge in [0.2, 0.25) is 5.91 Å². The number of methoxy groups -OCH3 is 1. The number of benzene rings is 2. The largest absolute Gasteiger partial charge is 0.497 e. The molecule has 0 aliphatic carbocycles. The predicted molar refractivity (Wildman–Crippen MR) is 124 cm³/mol. The minimum atomic E-state index is -1.31. The normalized spacial score (nSPS) is 23.5. The van der Waals surface area contributed by atoms with Gasteiger partial charge in [-0.25, -0.2) is 0 Å². The van der Waals surface area contributed by atoms with E-state index >= 15 is 0 Å². The molecule has 2 aliphatic rings. The molecule has 3 aromatic rings. The monoisotopic (exact) mass is 458 g/mol. The van der Waals surface area contributed by atoms with Crippen LogP contribution in [0.5, 0.6) is 5.75 Å². The van der Waals surface area contributed by atoms with Gasteiger partial charge in [0.05, 0.1) is 18.0 Å². The van der Waals surface area contributed by atoms with Crippen molar-refractivity contribution in [2.75, 3.05) is 26.0 Å². The Morgan fingerprint density at radius 1 is 1.24 bits per heavy atom. The van der Waals surface area contributed by atoms with Crippen LogP contribution in [0.3, 0.4) is 0 Å². The number of rotatable bonds is 5. The van der Waals surface area contributed by atoms with Crippen LogP contribution in [0.4, 0.5) is 11.4 Å². The van der Waals surface area contributed by atoms with Crippen LogP contribution in [-0.2, 0) is 10.3 Å². The molecular formula is C25H22N4O5. The second kappa shape index (κ2) is 8.03. The number of amides is 1. The summed E-state index contributed by atoms with van der Waals surface area (Å²) in [7, 11) is 3.34. The Morgan fingerprint density at radius 3 is 2.76 bits per heavy atom. The van der Waals surface area contributed by atoms with E-state index in [0.717, 1.165) is 0 Å². The molecule has 0 saturated carbocycles. The minimum Gasteiger partial charge on any atom is -0.497 e. The van der Waals surface area contributed by atoms with E-state index in [1.807, 2.05) is 4.90 Å². The zero-order valence-corrected chi connectivity index (χ0v) is 18.6. The van der Waals surface area contributed by atoms with E-state index in [1.165, 1.54) is 18.3 Å². The molecule has 1 N–H and O–H groups in total. The molecule has 1 saturated heterocycles. The van der Waals surface area contributed by atoms with Crippen LogP contribution in [0, 0.1) is 16.0 Å². The number of nitrogens with one attached hydrogen (secondary N) is 1. The number of anilines is 1. The fraction of sp³-hybridized carbons (Fsp3) is 0.240. The Bertz CT molecular complexity index is 1310. The van der Waals surface area contributed by atoms with E-state index in [4.69, 9.17) is 4.74 Å². The fourth-order valence-corrected chi connectivity index (χ4v) is 5.40. The zero-order valence-electron chi connectivity index (χ0n) is 18.6. The smallest absolute Gasteiger partial charge is 0.269 e. The maximum Gasteiger partial charge on any atom is 0.269 e. The Hall–Kier alpha value is -4.11. The van der Waals surface area contributed by atoms with Crippen molar-refractivity contribution in [1.29, 1.82) is 0 Å². The summed E-state index contributed by atoms with van der Waals surface area (Å²) in [5.74, 6) is -1.32. The van der Waals surface area contributed by atoms with Crippen LogP contribution < -0.4 is 10.1 Å². The second-order valence-corrected chi connectivity index (χ2v) is 8.55. The predicted octanol–water partition coefficient (Wildman–Crippen LogP) is 3.37. The molecule has 2 aromatic carbocycles. The Kier molecular flexibility index (Phi) is 5.13. The highest BCUT2D eigenvalue weighted by Gasteiger charge is 2.64. The molecule has 1 fully saturated rings. The summed E-state index contributed by atoms with van der Waals surface area (Å²) in [4.78, 5) is 44.7. The molecule has 1 spiro atoms. The molecular weight excluding hydrogens is 436 g/mol. The number of nitrogens with zero attached hydrogens (tertiary/aromatic N) is 3. The van der Waals surface area contributed by atoms with Gasteiger partial charge in [-0.05, 0) is 42.9 Å². The molecule has 172 valence electrons. The van der Waals surface area contributed by atoms with Crippen molar-refractivity contribution >= 4 is 23.1 Å². The highest BCUT2D eigenvalue weighted by atomic mass is 16.6. The number of nitro benzene ring substituents is 1. The van der Waals surface area contributed by atoms with Gasteiger partial charge in [-0.2, -0.15) is 0 Å². The summed E-state index contributed by atoms with van der Waals surface area (Å²) >= 11 is 0. The lowest BCUT2D eigenvalue weighted by Crippen LogP contribution is -2.51. The highest BCUT2D eigenvalue weighted by molar-refractivity contribution is 6.12. The quantitative estimate of drug-likeness (QED) is 0.354. The third-order valence-electron chi connectivity index (χ3n) is 6.89. The number of likely N-dealkylation sites (tertiary alicyclic amines) is 1. The van der Waals surface area contributed by atoms with Crippen molar-refractivity contribution in [3.05, 3.63) is 93.8 Å². The molecule has 1 aromatic heterocycles. The van der Waals surface area contributed by atoms with Gasteiger partial charge in [0.25, 0.3) is 5.69 Å². The van der Waals surface area contributed by atoms with Crippen molar-refractivity contribution in [2.45, 2.75) is 11.5 Å². The van der Waals surface area contributed by atoms with Crippen molar-refractivity contribution in [1.82, 2.24) is 9.88 Å². The maximum absolute atomic E-state index is 14.1. The van der Waals surface area contributed by atoms with E-state index in [2.05, 4.69) is 10.3 Å². The number of ketones is 1. The van der Waals surface area contributed by atoms with Gasteiger partial charge in [0.15, 0.2) is 5.78 Å². The standard InChI is InChI=1S/C25H22N4O5/c1-28-14-19(15-5-3-7-17(11-15)29(32)33)22(23(30)16-6-4-10-26-13-16)25(28)20-12-18(34-2)8-9-21(20)27-24(25)31/h3-13,19,22H,14H2,1-2H3,(H,27,31)/t19-,22+,25+/m1/s1. The summed E-state index contributed by atoms with van der Waals surface area (Å²) in [6, 6.07) is 14.9. The number of pyridine rings is 1. The number of ether oxygens (including phenoxy) is 1. The van der Waals surface area contributed by atoms with Gasteiger partial charge in [-0.1, -0.05) is 12.1 Å². The molecule has 0 radical (unpaired) electrons. The first-order valence-electron chi connectivity index (χ1n) is 10.8. The SMILES string of the molecule is COc1ccc2c(c1)[C@@]1(C(=O)N2)[C@H](C(=O)c2cccnc2)[C@@H](c2cccc([N+](=O)[O-])c2)CN1C. The van der Waals surface area contributed by atoms with Crippen molar-refractivity contribution < 1.29 is 19.2 Å². The molecule has 9 heteroatoms. The summed E-state index contributed by atoms with van der Waals surface area (Å²) in [6.45, 7) is 0.349. The number of carbonyl (C=O) groups excluding carboxylic acids is 2. The maximum atomic E-state index is 14.1. The summed E-state index contributed by atoms with van der Waals surface area (Å²) in [6.07, 6.45) is 3.06. The van der Waals surface area contributed by atoms with Gasteiger partial charge in [0.1, 0.15) is 11.3 Å². The number of nitro groups is 1. The van der Waals surface area contributed by atoms with Crippen molar-refractivity contribution in [3.8, 4) is 5.75 Å². The van der Waals surface area contributed by atoms with Crippen LogP contribution in [0.25, 0.3) is 0 Å². The van der Waals surface area contributed by atoms with Crippen molar-refractivity contribution in [3.63, 3.8) is 0 Å². The highest BCUT2D eigenvalue weighted by Crippen LogP contribution is 2.56. The Balaban J connectivity index is 1.74. The van der Waals surface area contributed by atoms with Gasteiger partial charge in [0, 0.05) is 53.8 Å². The van der Waals surface area contributed by atoms with E-state index < -0.39 is 22.3 Å². The van der Waals surface area contributed by atoms with Crippen LogP contribution in [-0.4, -0.2) is 47.2 Å². The van der Waals surface area contributed by atoms with Crippen LogP contribution in [0.1, 0.15) is 27.4 Å². The lowest BCUT2D eigenvalue weighted by molar-refractivity contribution is -0.384. The van der Waals surface area contributed by atoms with Gasteiger partial charge in [-0.15, -0.1) is 0 Å². The number of Topliss-reactive ketones (excluding diaryl/α,β-unsaturated/α-hetero) is 1. The molecule has 0 unspecified atom stereocenters. The summed E-state index contributed by atoms with van der Waals surface area (Å²) < 4.78 is 5.42. The van der Waals surface area contributed by atoms with Crippen molar-refractivity contribution in [2.24, 2.45) is 5.92 Å². The average molecular weight is 458 g/mol. The first-order valence-corrected chi connectivity index (χ1v) is 10.8. The summed E-state index contributed by atoms with van der Waals surface area (Å²) in [5, 5.41) is 14.4. The molecule has 3 atom stereocenters. The molecule has 3 heterocycles. The zero-order chi connectivity index (χ0) is 24.0. The fourth-order valence-electron chi connectivity index (χ4n) is 5.40. The number of hydrogen-bond acceptors (Lipinski definition) is 7. The summed E-state index contributed by atoms with van der Waals surface area (Å²) in [5.41, 5.74) is 0.889. The molecule has 5 rings (SSSR count). The van der Waals surface area contributed by atoms with E-state index in [0.29, 0.717) is 34.7 Å². The molecule has 2 aliphatic heterocycles. The van der Waals surface area contributed by atoms with Gasteiger partial charge < -0.3 is 10.1 Å². The third-order valence-corrected chi connectivity index (χ3v) is 6.89. The second-order valence-electron chi connectivity index (χ2n) is 8.55. The lowest BCUT2D eigenvalue weighted by Gasteiger charge is -2.35. The molecule has 1 amide bonds. The first kappa shape index (κ1) is 21.7. The third kappa shape index (κ3) is 3.08.